The van der Waals surface area contributed by atoms with Crippen molar-refractivity contribution in [3.8, 4) is 44.5 Å². The average molecular weight is 1140 g/mol. The molecule has 0 aromatic heterocycles. The molecule has 0 unspecified atom stereocenters. The number of benzene rings is 11. The number of fused-ring (bicyclic) bond motifs is 11. The number of aryl methyl sites for hydroxylation is 2. The van der Waals surface area contributed by atoms with E-state index < -0.39 is 0 Å². The molecule has 2 heteroatoms. The molecule has 0 spiro atoms. The average Bonchev–Trinajstić information content (AvgIpc) is 1.36. The quantitative estimate of drug-likeness (QED) is 0.126. The van der Waals surface area contributed by atoms with Gasteiger partial charge in [0.2, 0.25) is 0 Å². The molecule has 11 aromatic rings. The summed E-state index contributed by atoms with van der Waals surface area (Å²) >= 11 is 0. The maximum absolute atomic E-state index is 2.66. The Bertz CT molecular complexity index is 4520. The summed E-state index contributed by atoms with van der Waals surface area (Å²) in [7, 11) is 0. The predicted molar refractivity (Wildman–Crippen MR) is 375 cm³/mol. The molecule has 5 aliphatic rings. The summed E-state index contributed by atoms with van der Waals surface area (Å²) in [6.07, 6.45) is 13.5. The largest absolute Gasteiger partial charge is 0.310 e. The van der Waals surface area contributed by atoms with E-state index in [9.17, 15) is 0 Å². The number of anilines is 6. The van der Waals surface area contributed by atoms with Crippen molar-refractivity contribution in [3.05, 3.63) is 262 Å². The van der Waals surface area contributed by atoms with E-state index in [1.807, 2.05) is 0 Å². The molecular weight excluding hydrogens is 1060 g/mol. The van der Waals surface area contributed by atoms with Crippen molar-refractivity contribution < 1.29 is 0 Å². The lowest BCUT2D eigenvalue weighted by Crippen LogP contribution is -2.18. The van der Waals surface area contributed by atoms with Crippen LogP contribution in [0.4, 0.5) is 34.1 Å². The second-order valence-electron chi connectivity index (χ2n) is 28.3. The summed E-state index contributed by atoms with van der Waals surface area (Å²) < 4.78 is 0. The molecule has 16 rings (SSSR count). The molecule has 0 N–H and O–H groups in total. The van der Waals surface area contributed by atoms with Crippen LogP contribution in [-0.4, -0.2) is 0 Å². The molecule has 2 nitrogen and oxygen atoms in total. The van der Waals surface area contributed by atoms with Crippen LogP contribution in [-0.2, 0) is 22.7 Å². The molecule has 5 aliphatic carbocycles. The molecule has 2 fully saturated rings. The summed E-state index contributed by atoms with van der Waals surface area (Å²) in [5, 5.41) is 5.82. The Morgan fingerprint density at radius 3 is 1.01 bits per heavy atom. The van der Waals surface area contributed by atoms with E-state index in [1.165, 1.54) is 209 Å². The molecule has 436 valence electrons. The van der Waals surface area contributed by atoms with Crippen LogP contribution in [0.2, 0.25) is 0 Å². The maximum Gasteiger partial charge on any atom is 0.0468 e. The van der Waals surface area contributed by atoms with Gasteiger partial charge in [-0.2, -0.15) is 0 Å². The summed E-state index contributed by atoms with van der Waals surface area (Å²) in [6.45, 7) is 19.1. The predicted octanol–water partition coefficient (Wildman–Crippen LogP) is 24.5. The van der Waals surface area contributed by atoms with Crippen LogP contribution in [0.1, 0.15) is 180 Å². The monoisotopic (exact) mass is 1140 g/mol. The van der Waals surface area contributed by atoms with Crippen LogP contribution >= 0.6 is 0 Å². The van der Waals surface area contributed by atoms with Crippen molar-refractivity contribution in [2.45, 2.75) is 154 Å². The Morgan fingerprint density at radius 2 is 0.625 bits per heavy atom. The van der Waals surface area contributed by atoms with E-state index in [2.05, 4.69) is 271 Å². The van der Waals surface area contributed by atoms with E-state index >= 15 is 0 Å². The van der Waals surface area contributed by atoms with Crippen LogP contribution in [0.15, 0.2) is 206 Å². The highest BCUT2D eigenvalue weighted by Gasteiger charge is 2.40. The second-order valence-corrected chi connectivity index (χ2v) is 28.3. The van der Waals surface area contributed by atoms with Gasteiger partial charge in [0.25, 0.3) is 0 Å². The Labute approximate surface area is 523 Å². The highest BCUT2D eigenvalue weighted by Crippen LogP contribution is 2.57. The Hall–Kier alpha value is -8.46. The van der Waals surface area contributed by atoms with Gasteiger partial charge in [0.15, 0.2) is 0 Å². The second kappa shape index (κ2) is 20.8. The Kier molecular flexibility index (Phi) is 13.0. The molecule has 0 heterocycles. The van der Waals surface area contributed by atoms with Gasteiger partial charge in [-0.25, -0.2) is 0 Å². The van der Waals surface area contributed by atoms with Gasteiger partial charge in [-0.05, 0) is 245 Å². The molecule has 0 bridgehead atoms. The van der Waals surface area contributed by atoms with Crippen molar-refractivity contribution in [1.82, 2.24) is 0 Å². The number of hydrogen-bond donors (Lipinski definition) is 0. The molecule has 11 aromatic carbocycles. The third-order valence-electron chi connectivity index (χ3n) is 22.3. The van der Waals surface area contributed by atoms with Gasteiger partial charge in [0.1, 0.15) is 0 Å². The fourth-order valence-electron chi connectivity index (χ4n) is 17.7. The zero-order chi connectivity index (χ0) is 59.8. The molecule has 0 saturated heterocycles. The first-order valence-electron chi connectivity index (χ1n) is 33.4. The third-order valence-corrected chi connectivity index (χ3v) is 22.3. The Morgan fingerprint density at radius 1 is 0.307 bits per heavy atom. The first-order chi connectivity index (χ1) is 42.8. The number of nitrogens with zero attached hydrogens (tertiary/aromatic N) is 2. The van der Waals surface area contributed by atoms with Crippen LogP contribution in [0.3, 0.4) is 0 Å². The molecular formula is C86H82N2. The molecule has 0 amide bonds. The van der Waals surface area contributed by atoms with Crippen LogP contribution in [0, 0.1) is 6.92 Å². The molecule has 88 heavy (non-hydrogen) atoms. The van der Waals surface area contributed by atoms with Crippen LogP contribution in [0.5, 0.6) is 0 Å². The Balaban J connectivity index is 0.929. The number of hydrogen-bond acceptors (Lipinski definition) is 2. The lowest BCUT2D eigenvalue weighted by atomic mass is 9.74. The highest BCUT2D eigenvalue weighted by atomic mass is 15.1. The van der Waals surface area contributed by atoms with E-state index in [-0.39, 0.29) is 16.2 Å². The first kappa shape index (κ1) is 54.9. The summed E-state index contributed by atoms with van der Waals surface area (Å²) in [6, 6.07) is 81.1. The highest BCUT2D eigenvalue weighted by molar-refractivity contribution is 6.09. The first-order valence-corrected chi connectivity index (χ1v) is 33.4. The van der Waals surface area contributed by atoms with Gasteiger partial charge >= 0.3 is 0 Å². The van der Waals surface area contributed by atoms with E-state index in [1.54, 1.807) is 11.1 Å². The van der Waals surface area contributed by atoms with Crippen LogP contribution in [0.25, 0.3) is 66.1 Å². The van der Waals surface area contributed by atoms with E-state index in [0.29, 0.717) is 11.8 Å². The number of rotatable bonds is 10. The standard InChI is InChI=1S/C86H82N2/c1-9-55-48-58(36-42-65(55)64-29-17-16-24-54(64)2)87(61-37-43-69-66-30-18-21-33-76(66)84(3,4)79(69)51-61)59-40-46-72-74(49-59)82(56-25-12-10-13-26-56)73-47-41-60(50-75(73)83(72)57-27-14-11-15-28-57)88(62-38-44-70-67-31-19-22-34-77(67)85(5,6)80(70)52-62)63-39-45-71-68-32-20-23-35-78(68)86(7,8)81(71)53-63/h16-24,29-53,56-57H,9-15,25-28H2,1-8H3. The minimum absolute atomic E-state index is 0.136. The molecule has 0 radical (unpaired) electrons. The summed E-state index contributed by atoms with van der Waals surface area (Å²) in [4.78, 5) is 5.24. The van der Waals surface area contributed by atoms with Crippen molar-refractivity contribution >= 4 is 55.7 Å². The fourth-order valence-corrected chi connectivity index (χ4v) is 17.7. The minimum atomic E-state index is -0.138. The summed E-state index contributed by atoms with van der Waals surface area (Å²) in [5.41, 5.74) is 31.9. The third kappa shape index (κ3) is 8.47. The SMILES string of the molecule is CCc1cc(N(c2ccc3c(c2)C(C)(C)c2ccccc2-3)c2ccc3c(C4CCCCC4)c4cc(N(c5ccc6c(c5)C(C)(C)c5ccccc5-6)c5ccc6c(c5)C(C)(C)c5ccccc5-6)ccc4c(C4CCCCC4)c3c2)ccc1-c1ccccc1C. The lowest BCUT2D eigenvalue weighted by Gasteiger charge is -2.33. The van der Waals surface area contributed by atoms with Gasteiger partial charge < -0.3 is 9.80 Å². The maximum atomic E-state index is 2.66. The van der Waals surface area contributed by atoms with Gasteiger partial charge in [-0.3, -0.25) is 0 Å². The zero-order valence-corrected chi connectivity index (χ0v) is 53.0. The topological polar surface area (TPSA) is 6.48 Å². The van der Waals surface area contributed by atoms with Crippen molar-refractivity contribution in [3.63, 3.8) is 0 Å². The van der Waals surface area contributed by atoms with Gasteiger partial charge in [-0.15, -0.1) is 0 Å². The lowest BCUT2D eigenvalue weighted by molar-refractivity contribution is 0.445. The molecule has 0 atom stereocenters. The van der Waals surface area contributed by atoms with Crippen LogP contribution < -0.4 is 9.80 Å². The van der Waals surface area contributed by atoms with Gasteiger partial charge in [0, 0.05) is 50.4 Å². The van der Waals surface area contributed by atoms with Gasteiger partial charge in [-0.1, -0.05) is 220 Å². The normalized spacial score (nSPS) is 16.9. The molecule has 0 aliphatic heterocycles. The van der Waals surface area contributed by atoms with Crippen molar-refractivity contribution in [2.24, 2.45) is 0 Å². The fraction of sp³-hybridized carbons (Fsp3) is 0.279. The zero-order valence-electron chi connectivity index (χ0n) is 53.0. The smallest absolute Gasteiger partial charge is 0.0468 e. The summed E-state index contributed by atoms with van der Waals surface area (Å²) in [5.74, 6) is 0.926. The van der Waals surface area contributed by atoms with Gasteiger partial charge in [0.05, 0.1) is 0 Å². The minimum Gasteiger partial charge on any atom is -0.310 e. The van der Waals surface area contributed by atoms with Crippen molar-refractivity contribution in [2.75, 3.05) is 9.80 Å². The molecule has 2 saturated carbocycles. The van der Waals surface area contributed by atoms with Crippen molar-refractivity contribution in [1.29, 1.82) is 0 Å². The van der Waals surface area contributed by atoms with E-state index in [4.69, 9.17) is 0 Å². The van der Waals surface area contributed by atoms with E-state index in [0.717, 1.165) is 6.42 Å².